The van der Waals surface area contributed by atoms with Crippen molar-refractivity contribution in [2.45, 2.75) is 5.75 Å². The van der Waals surface area contributed by atoms with Crippen molar-refractivity contribution in [2.75, 3.05) is 14.2 Å². The first-order valence-electron chi connectivity index (χ1n) is 3.95. The van der Waals surface area contributed by atoms with E-state index in [1.165, 1.54) is 7.11 Å². The van der Waals surface area contributed by atoms with Gasteiger partial charge in [0, 0.05) is 5.56 Å². The maximum Gasteiger partial charge on any atom is 0.271 e. The molecule has 0 bridgehead atoms. The molecule has 0 saturated heterocycles. The molecule has 0 N–H and O–H groups in total. The van der Waals surface area contributed by atoms with E-state index in [0.29, 0.717) is 0 Å². The number of ether oxygens (including phenoxy) is 1. The molecule has 0 aliphatic carbocycles. The van der Waals surface area contributed by atoms with Crippen LogP contribution < -0.4 is 4.74 Å². The highest BCUT2D eigenvalue weighted by molar-refractivity contribution is 7.85. The molecule has 84 valence electrons. The van der Waals surface area contributed by atoms with Crippen LogP contribution in [-0.2, 0) is 20.1 Å². The van der Waals surface area contributed by atoms with Crippen molar-refractivity contribution in [3.05, 3.63) is 23.6 Å². The lowest BCUT2D eigenvalue weighted by atomic mass is 10.3. The zero-order valence-electron chi connectivity index (χ0n) is 8.23. The average molecular weight is 235 g/mol. The van der Waals surface area contributed by atoms with Gasteiger partial charge in [0.2, 0.25) is 5.88 Å². The van der Waals surface area contributed by atoms with Crippen LogP contribution in [0.5, 0.6) is 5.88 Å². The Balaban J connectivity index is 3.08. The van der Waals surface area contributed by atoms with E-state index in [-0.39, 0.29) is 11.4 Å². The van der Waals surface area contributed by atoms with Crippen molar-refractivity contribution in [2.24, 2.45) is 0 Å². The van der Waals surface area contributed by atoms with Gasteiger partial charge in [-0.25, -0.2) is 9.37 Å². The van der Waals surface area contributed by atoms with Gasteiger partial charge in [0.15, 0.2) is 0 Å². The predicted octanol–water partition coefficient (Wildman–Crippen LogP) is 0.706. The molecule has 5 nitrogen and oxygen atoms in total. The third-order valence-electron chi connectivity index (χ3n) is 1.67. The van der Waals surface area contributed by atoms with Gasteiger partial charge >= 0.3 is 0 Å². The lowest BCUT2D eigenvalue weighted by molar-refractivity contribution is 0.383. The molecule has 7 heteroatoms. The zero-order valence-corrected chi connectivity index (χ0v) is 9.04. The monoisotopic (exact) mass is 235 g/mol. The van der Waals surface area contributed by atoms with Crippen LogP contribution in [0.25, 0.3) is 0 Å². The number of halogens is 1. The summed E-state index contributed by atoms with van der Waals surface area (Å²) in [6, 6.07) is 1.04. The fraction of sp³-hybridized carbons (Fsp3) is 0.375. The molecule has 0 amide bonds. The normalized spacial score (nSPS) is 11.4. The van der Waals surface area contributed by atoms with Crippen LogP contribution in [0.2, 0.25) is 0 Å². The standard InChI is InChI=1S/C8H10FNO4S/c1-13-8-6(3-7(9)4-10-8)5-15(11,12)14-2/h3-4H,5H2,1-2H3. The van der Waals surface area contributed by atoms with Gasteiger partial charge in [-0.1, -0.05) is 0 Å². The van der Waals surface area contributed by atoms with Gasteiger partial charge in [0.1, 0.15) is 11.6 Å². The zero-order chi connectivity index (χ0) is 11.5. The van der Waals surface area contributed by atoms with E-state index >= 15 is 0 Å². The summed E-state index contributed by atoms with van der Waals surface area (Å²) in [5.41, 5.74) is 0.124. The SMILES string of the molecule is COc1ncc(F)cc1CS(=O)(=O)OC. The Morgan fingerprint density at radius 1 is 1.47 bits per heavy atom. The van der Waals surface area contributed by atoms with Crippen molar-refractivity contribution in [3.8, 4) is 5.88 Å². The number of aromatic nitrogens is 1. The molecular weight excluding hydrogens is 225 g/mol. The van der Waals surface area contributed by atoms with Crippen molar-refractivity contribution in [3.63, 3.8) is 0 Å². The smallest absolute Gasteiger partial charge is 0.271 e. The predicted molar refractivity (Wildman–Crippen MR) is 50.4 cm³/mol. The van der Waals surface area contributed by atoms with E-state index in [4.69, 9.17) is 4.74 Å². The maximum absolute atomic E-state index is 12.8. The second-order valence-electron chi connectivity index (χ2n) is 2.69. The van der Waals surface area contributed by atoms with Gasteiger partial charge in [-0.3, -0.25) is 4.18 Å². The van der Waals surface area contributed by atoms with Gasteiger partial charge in [0.05, 0.1) is 20.4 Å². The second kappa shape index (κ2) is 4.54. The molecule has 15 heavy (non-hydrogen) atoms. The molecule has 1 aromatic heterocycles. The minimum Gasteiger partial charge on any atom is -0.481 e. The van der Waals surface area contributed by atoms with Crippen LogP contribution in [0.15, 0.2) is 12.3 Å². The number of hydrogen-bond donors (Lipinski definition) is 0. The van der Waals surface area contributed by atoms with Gasteiger partial charge in [0.25, 0.3) is 10.1 Å². The fourth-order valence-corrected chi connectivity index (χ4v) is 1.71. The lowest BCUT2D eigenvalue weighted by Crippen LogP contribution is -2.08. The number of methoxy groups -OCH3 is 1. The molecular formula is C8H10FNO4S. The van der Waals surface area contributed by atoms with E-state index in [1.807, 2.05) is 0 Å². The minimum atomic E-state index is -3.71. The molecule has 1 rings (SSSR count). The highest BCUT2D eigenvalue weighted by Crippen LogP contribution is 2.18. The van der Waals surface area contributed by atoms with Crippen LogP contribution in [0.4, 0.5) is 4.39 Å². The lowest BCUT2D eigenvalue weighted by Gasteiger charge is -2.06. The van der Waals surface area contributed by atoms with E-state index < -0.39 is 21.7 Å². The molecule has 0 saturated carbocycles. The summed E-state index contributed by atoms with van der Waals surface area (Å²) in [5.74, 6) is -1.04. The molecule has 1 aromatic rings. The Hall–Kier alpha value is -1.21. The third kappa shape index (κ3) is 3.14. The Morgan fingerprint density at radius 2 is 2.13 bits per heavy atom. The molecule has 0 aromatic carbocycles. The molecule has 0 radical (unpaired) electrons. The maximum atomic E-state index is 12.8. The molecule has 0 spiro atoms. The summed E-state index contributed by atoms with van der Waals surface area (Å²) in [6.45, 7) is 0. The third-order valence-corrected chi connectivity index (χ3v) is 2.84. The topological polar surface area (TPSA) is 65.5 Å². The summed E-state index contributed by atoms with van der Waals surface area (Å²) >= 11 is 0. The average Bonchev–Trinajstić information content (AvgIpc) is 2.18. The van der Waals surface area contributed by atoms with E-state index in [9.17, 15) is 12.8 Å². The molecule has 0 fully saturated rings. The summed E-state index contributed by atoms with van der Waals surface area (Å²) in [4.78, 5) is 3.60. The second-order valence-corrected chi connectivity index (χ2v) is 4.43. The molecule has 0 atom stereocenters. The molecule has 1 heterocycles. The first-order valence-corrected chi connectivity index (χ1v) is 5.53. The Labute approximate surface area is 87.0 Å². The van der Waals surface area contributed by atoms with Crippen LogP contribution in [0.3, 0.4) is 0 Å². The Bertz CT molecular complexity index is 446. The summed E-state index contributed by atoms with van der Waals surface area (Å²) in [7, 11) is -1.35. The summed E-state index contributed by atoms with van der Waals surface area (Å²) < 4.78 is 44.1. The van der Waals surface area contributed by atoms with Gasteiger partial charge in [-0.05, 0) is 6.07 Å². The van der Waals surface area contributed by atoms with Crippen LogP contribution in [0, 0.1) is 5.82 Å². The van der Waals surface area contributed by atoms with Crippen LogP contribution in [-0.4, -0.2) is 27.6 Å². The molecule has 0 aliphatic heterocycles. The van der Waals surface area contributed by atoms with E-state index in [2.05, 4.69) is 9.17 Å². The quantitative estimate of drug-likeness (QED) is 0.719. The Kier molecular flexibility index (Phi) is 3.59. The van der Waals surface area contributed by atoms with Crippen molar-refractivity contribution in [1.82, 2.24) is 4.98 Å². The first-order chi connectivity index (χ1) is 6.98. The Morgan fingerprint density at radius 3 is 2.67 bits per heavy atom. The number of rotatable bonds is 4. The van der Waals surface area contributed by atoms with Crippen molar-refractivity contribution >= 4 is 10.1 Å². The van der Waals surface area contributed by atoms with Gasteiger partial charge < -0.3 is 4.74 Å². The summed E-state index contributed by atoms with van der Waals surface area (Å²) in [5, 5.41) is 0. The number of pyridine rings is 1. The number of hydrogen-bond acceptors (Lipinski definition) is 5. The largest absolute Gasteiger partial charge is 0.481 e. The van der Waals surface area contributed by atoms with E-state index in [1.54, 1.807) is 0 Å². The highest BCUT2D eigenvalue weighted by Gasteiger charge is 2.15. The van der Waals surface area contributed by atoms with E-state index in [0.717, 1.165) is 19.4 Å². The van der Waals surface area contributed by atoms with Crippen molar-refractivity contribution in [1.29, 1.82) is 0 Å². The van der Waals surface area contributed by atoms with Crippen molar-refractivity contribution < 1.29 is 21.7 Å². The highest BCUT2D eigenvalue weighted by atomic mass is 32.2. The summed E-state index contributed by atoms with van der Waals surface area (Å²) in [6.07, 6.45) is 0.946. The van der Waals surface area contributed by atoms with Crippen LogP contribution in [0.1, 0.15) is 5.56 Å². The first kappa shape index (κ1) is 11.9. The number of nitrogens with zero attached hydrogens (tertiary/aromatic N) is 1. The molecule has 0 unspecified atom stereocenters. The van der Waals surface area contributed by atoms with Gasteiger partial charge in [-0.15, -0.1) is 0 Å². The minimum absolute atomic E-state index is 0.0667. The van der Waals surface area contributed by atoms with Gasteiger partial charge in [-0.2, -0.15) is 8.42 Å². The molecule has 0 aliphatic rings. The fourth-order valence-electron chi connectivity index (χ4n) is 1.01. The van der Waals surface area contributed by atoms with Crippen LogP contribution >= 0.6 is 0 Å².